The molecule has 8 nitrogen and oxygen atoms in total. The number of anilines is 1. The maximum absolute atomic E-state index is 12.1. The Labute approximate surface area is 161 Å². The van der Waals surface area contributed by atoms with Gasteiger partial charge in [-0.05, 0) is 38.1 Å². The fourth-order valence-corrected chi connectivity index (χ4v) is 3.27. The number of aryl methyl sites for hydroxylation is 2. The molecule has 8 heteroatoms. The fraction of sp³-hybridized carbons (Fsp3) is 0.250. The van der Waals surface area contributed by atoms with Crippen molar-refractivity contribution in [1.29, 1.82) is 0 Å². The molecule has 1 aromatic carbocycles. The second kappa shape index (κ2) is 7.22. The first-order chi connectivity index (χ1) is 13.5. The summed E-state index contributed by atoms with van der Waals surface area (Å²) >= 11 is 0. The summed E-state index contributed by atoms with van der Waals surface area (Å²) < 4.78 is 12.9. The maximum Gasteiger partial charge on any atom is 0.336 e. The van der Waals surface area contributed by atoms with Crippen molar-refractivity contribution in [1.82, 2.24) is 9.88 Å². The predicted octanol–water partition coefficient (Wildman–Crippen LogP) is 1.89. The Morgan fingerprint density at radius 3 is 2.46 bits per heavy atom. The SMILES string of the molecule is Cc1ccc(C)n1-c1c(NCC2=NCCN2)ccc2c1OC(=O)/C=C/C(=O)O2. The molecule has 0 atom stereocenters. The van der Waals surface area contributed by atoms with Crippen molar-refractivity contribution in [3.8, 4) is 17.2 Å². The molecule has 0 radical (unpaired) electrons. The number of aromatic nitrogens is 1. The van der Waals surface area contributed by atoms with E-state index in [1.165, 1.54) is 0 Å². The van der Waals surface area contributed by atoms with Gasteiger partial charge in [-0.15, -0.1) is 0 Å². The number of hydrogen-bond donors (Lipinski definition) is 2. The summed E-state index contributed by atoms with van der Waals surface area (Å²) in [6.45, 7) is 5.98. The lowest BCUT2D eigenvalue weighted by atomic mass is 10.2. The van der Waals surface area contributed by atoms with Crippen LogP contribution in [0.5, 0.6) is 11.5 Å². The third-order valence-electron chi connectivity index (χ3n) is 4.55. The average molecular weight is 380 g/mol. The van der Waals surface area contributed by atoms with Gasteiger partial charge in [0, 0.05) is 30.1 Å². The second-order valence-electron chi connectivity index (χ2n) is 6.52. The number of hydrogen-bond acceptors (Lipinski definition) is 7. The van der Waals surface area contributed by atoms with E-state index in [9.17, 15) is 9.59 Å². The van der Waals surface area contributed by atoms with Gasteiger partial charge in [0.05, 0.1) is 18.8 Å². The first-order valence-corrected chi connectivity index (χ1v) is 8.98. The highest BCUT2D eigenvalue weighted by Gasteiger charge is 2.24. The highest BCUT2D eigenvalue weighted by molar-refractivity contribution is 5.96. The monoisotopic (exact) mass is 380 g/mol. The Balaban J connectivity index is 1.85. The summed E-state index contributed by atoms with van der Waals surface area (Å²) in [5.74, 6) is -0.0240. The van der Waals surface area contributed by atoms with Gasteiger partial charge in [0.25, 0.3) is 0 Å². The molecule has 0 amide bonds. The van der Waals surface area contributed by atoms with Crippen LogP contribution < -0.4 is 20.1 Å². The minimum atomic E-state index is -0.638. The number of aliphatic imine (C=N–C) groups is 1. The number of nitrogens with one attached hydrogen (secondary N) is 2. The summed E-state index contributed by atoms with van der Waals surface area (Å²) in [5, 5.41) is 6.56. The molecule has 0 spiro atoms. The van der Waals surface area contributed by atoms with Crippen LogP contribution in [0.25, 0.3) is 5.69 Å². The average Bonchev–Trinajstić information content (AvgIpc) is 3.29. The van der Waals surface area contributed by atoms with Crippen molar-refractivity contribution in [2.75, 3.05) is 25.0 Å². The molecule has 1 aromatic heterocycles. The molecule has 0 saturated carbocycles. The normalized spacial score (nSPS) is 16.9. The van der Waals surface area contributed by atoms with E-state index in [-0.39, 0.29) is 11.5 Å². The van der Waals surface area contributed by atoms with E-state index in [0.29, 0.717) is 12.2 Å². The molecule has 2 N–H and O–H groups in total. The van der Waals surface area contributed by atoms with Crippen LogP contribution in [-0.2, 0) is 9.59 Å². The molecule has 28 heavy (non-hydrogen) atoms. The van der Waals surface area contributed by atoms with Gasteiger partial charge in [-0.2, -0.15) is 0 Å². The van der Waals surface area contributed by atoms with Crippen LogP contribution >= 0.6 is 0 Å². The zero-order chi connectivity index (χ0) is 19.7. The van der Waals surface area contributed by atoms with Crippen molar-refractivity contribution in [3.05, 3.63) is 47.8 Å². The number of carbonyl (C=O) groups excluding carboxylic acids is 2. The first-order valence-electron chi connectivity index (χ1n) is 8.98. The molecule has 144 valence electrons. The largest absolute Gasteiger partial charge is 0.419 e. The van der Waals surface area contributed by atoms with E-state index < -0.39 is 11.9 Å². The van der Waals surface area contributed by atoms with Crippen LogP contribution in [0.15, 0.2) is 41.4 Å². The highest BCUT2D eigenvalue weighted by atomic mass is 16.6. The van der Waals surface area contributed by atoms with Gasteiger partial charge in [0.15, 0.2) is 11.5 Å². The molecule has 0 aliphatic carbocycles. The zero-order valence-corrected chi connectivity index (χ0v) is 15.6. The lowest BCUT2D eigenvalue weighted by Crippen LogP contribution is -2.26. The minimum absolute atomic E-state index is 0.187. The molecule has 0 fully saturated rings. The third kappa shape index (κ3) is 3.36. The van der Waals surface area contributed by atoms with Crippen molar-refractivity contribution >= 4 is 23.5 Å². The molecule has 4 rings (SSSR count). The van der Waals surface area contributed by atoms with Crippen molar-refractivity contribution in [2.24, 2.45) is 4.99 Å². The summed E-state index contributed by atoms with van der Waals surface area (Å²) in [7, 11) is 0. The van der Waals surface area contributed by atoms with E-state index in [1.54, 1.807) is 12.1 Å². The van der Waals surface area contributed by atoms with Crippen LogP contribution in [0.1, 0.15) is 11.4 Å². The third-order valence-corrected chi connectivity index (χ3v) is 4.55. The molecule has 0 bridgehead atoms. The lowest BCUT2D eigenvalue weighted by Gasteiger charge is -2.22. The summed E-state index contributed by atoms with van der Waals surface area (Å²) in [6, 6.07) is 7.36. The number of esters is 2. The molecule has 0 saturated heterocycles. The van der Waals surface area contributed by atoms with Crippen LogP contribution in [0, 0.1) is 13.8 Å². The number of rotatable bonds is 4. The molecular formula is C20H20N4O4. The van der Waals surface area contributed by atoms with Crippen LogP contribution in [0.2, 0.25) is 0 Å². The highest BCUT2D eigenvalue weighted by Crippen LogP contribution is 2.41. The maximum atomic E-state index is 12.1. The molecule has 0 unspecified atom stereocenters. The van der Waals surface area contributed by atoms with Crippen molar-refractivity contribution in [2.45, 2.75) is 13.8 Å². The summed E-state index contributed by atoms with van der Waals surface area (Å²) in [4.78, 5) is 28.4. The number of nitrogens with zero attached hydrogens (tertiary/aromatic N) is 2. The quantitative estimate of drug-likeness (QED) is 0.621. The van der Waals surface area contributed by atoms with Crippen molar-refractivity contribution < 1.29 is 19.1 Å². The van der Waals surface area contributed by atoms with E-state index >= 15 is 0 Å². The Hall–Kier alpha value is -3.55. The number of amidine groups is 1. The topological polar surface area (TPSA) is 94.0 Å². The van der Waals surface area contributed by atoms with Gasteiger partial charge in [-0.1, -0.05) is 0 Å². The Morgan fingerprint density at radius 2 is 1.79 bits per heavy atom. The van der Waals surface area contributed by atoms with Gasteiger partial charge in [0.1, 0.15) is 11.5 Å². The van der Waals surface area contributed by atoms with Crippen LogP contribution in [0.3, 0.4) is 0 Å². The molecule has 2 aliphatic heterocycles. The summed E-state index contributed by atoms with van der Waals surface area (Å²) in [5.41, 5.74) is 3.23. The Morgan fingerprint density at radius 1 is 1.07 bits per heavy atom. The number of ether oxygens (including phenoxy) is 2. The standard InChI is InChI=1S/C20H20N4O4/c1-12-3-4-13(2)24(12)19-14(23-11-16-21-9-10-22-16)5-6-15-20(19)28-18(26)8-7-17(25)27-15/h3-8,23H,9-11H2,1-2H3,(H,21,22)/b8-7+. The Kier molecular flexibility index (Phi) is 4.60. The smallest absolute Gasteiger partial charge is 0.336 e. The zero-order valence-electron chi connectivity index (χ0n) is 15.6. The predicted molar refractivity (Wildman–Crippen MR) is 104 cm³/mol. The summed E-state index contributed by atoms with van der Waals surface area (Å²) in [6.07, 6.45) is 2.11. The van der Waals surface area contributed by atoms with E-state index in [1.807, 2.05) is 30.5 Å². The molecule has 2 aromatic rings. The van der Waals surface area contributed by atoms with Gasteiger partial charge < -0.3 is 24.7 Å². The van der Waals surface area contributed by atoms with Gasteiger partial charge >= 0.3 is 11.9 Å². The van der Waals surface area contributed by atoms with Crippen LogP contribution in [-0.4, -0.2) is 42.0 Å². The molecule has 3 heterocycles. The lowest BCUT2D eigenvalue weighted by molar-refractivity contribution is -0.133. The van der Waals surface area contributed by atoms with Gasteiger partial charge in [0.2, 0.25) is 0 Å². The number of benzene rings is 1. The van der Waals surface area contributed by atoms with Gasteiger partial charge in [-0.3, -0.25) is 4.99 Å². The molecular weight excluding hydrogens is 360 g/mol. The Bertz CT molecular complexity index is 1000. The van der Waals surface area contributed by atoms with E-state index in [2.05, 4.69) is 15.6 Å². The molecule has 2 aliphatic rings. The second-order valence-corrected chi connectivity index (χ2v) is 6.52. The van der Waals surface area contributed by atoms with Crippen LogP contribution in [0.4, 0.5) is 5.69 Å². The van der Waals surface area contributed by atoms with Gasteiger partial charge in [-0.25, -0.2) is 9.59 Å². The van der Waals surface area contributed by atoms with E-state index in [0.717, 1.165) is 48.2 Å². The first kappa shape index (κ1) is 17.8. The number of fused-ring (bicyclic) bond motifs is 1. The number of carbonyl (C=O) groups is 2. The van der Waals surface area contributed by atoms with Crippen molar-refractivity contribution in [3.63, 3.8) is 0 Å². The van der Waals surface area contributed by atoms with E-state index in [4.69, 9.17) is 9.47 Å². The fourth-order valence-electron chi connectivity index (χ4n) is 3.27. The minimum Gasteiger partial charge on any atom is -0.419 e.